The first kappa shape index (κ1) is 23.7. The van der Waals surface area contributed by atoms with E-state index < -0.39 is 6.16 Å². The standard InChI is InChI=1S/CH2O3.2Li.Na/c2-1(3)4;;;/h(H2,2,3,4);;;/q;3*+1. The molecule has 7 heavy (non-hydrogen) atoms. The average Bonchev–Trinajstić information content (AvgIpc) is 0.811. The molecule has 0 fully saturated rings. The maximum absolute atomic E-state index is 8.56. The summed E-state index contributed by atoms with van der Waals surface area (Å²) in [5.41, 5.74) is 0. The smallest absolute Gasteiger partial charge is 0.450 e. The summed E-state index contributed by atoms with van der Waals surface area (Å²) in [5.74, 6) is 0. The van der Waals surface area contributed by atoms with Gasteiger partial charge in [0.25, 0.3) is 0 Å². The van der Waals surface area contributed by atoms with E-state index in [0.717, 1.165) is 0 Å². The summed E-state index contributed by atoms with van der Waals surface area (Å²) < 4.78 is 0. The van der Waals surface area contributed by atoms with Crippen LogP contribution in [0.2, 0.25) is 0 Å². The Morgan fingerprint density at radius 3 is 1.14 bits per heavy atom. The molecule has 0 aliphatic heterocycles. The van der Waals surface area contributed by atoms with E-state index in [-0.39, 0.29) is 67.3 Å². The van der Waals surface area contributed by atoms with E-state index in [9.17, 15) is 0 Å². The number of carbonyl (C=O) groups is 1. The molecule has 0 radical (unpaired) electrons. The predicted molar refractivity (Wildman–Crippen MR) is 10.7 cm³/mol. The molecule has 0 saturated carbocycles. The maximum atomic E-state index is 8.56. The second kappa shape index (κ2) is 15.7. The summed E-state index contributed by atoms with van der Waals surface area (Å²) >= 11 is 0. The molecule has 0 heterocycles. The van der Waals surface area contributed by atoms with Gasteiger partial charge in [-0.05, 0) is 0 Å². The van der Waals surface area contributed by atoms with Crippen LogP contribution in [0.3, 0.4) is 0 Å². The number of rotatable bonds is 0. The summed E-state index contributed by atoms with van der Waals surface area (Å²) in [6.45, 7) is 0. The normalized spacial score (nSPS) is 3.43. The Morgan fingerprint density at radius 1 is 1.14 bits per heavy atom. The van der Waals surface area contributed by atoms with Crippen LogP contribution in [0.15, 0.2) is 0 Å². The van der Waals surface area contributed by atoms with Gasteiger partial charge < -0.3 is 10.2 Å². The fourth-order valence-corrected chi connectivity index (χ4v) is 0. The van der Waals surface area contributed by atoms with E-state index in [1.165, 1.54) is 0 Å². The van der Waals surface area contributed by atoms with Crippen molar-refractivity contribution in [1.82, 2.24) is 0 Å². The molecule has 0 spiro atoms. The fraction of sp³-hybridized carbons (Fsp3) is 0. The minimum Gasteiger partial charge on any atom is -0.450 e. The van der Waals surface area contributed by atoms with Crippen LogP contribution in [0.5, 0.6) is 0 Å². The number of hydrogen-bond acceptors (Lipinski definition) is 1. The predicted octanol–water partition coefficient (Wildman–Crippen LogP) is -8.77. The Kier molecular flexibility index (Phi) is 52.9. The Hall–Kier alpha value is 1.46. The van der Waals surface area contributed by atoms with E-state index in [1.54, 1.807) is 0 Å². The second-order valence-electron chi connectivity index (χ2n) is 0.283. The van der Waals surface area contributed by atoms with Gasteiger partial charge in [-0.3, -0.25) is 0 Å². The van der Waals surface area contributed by atoms with Gasteiger partial charge in [0.15, 0.2) is 0 Å². The van der Waals surface area contributed by atoms with Gasteiger partial charge in [0.2, 0.25) is 0 Å². The van der Waals surface area contributed by atoms with Crippen molar-refractivity contribution in [1.29, 1.82) is 0 Å². The number of carboxylic acid groups (broad SMARTS) is 2. The van der Waals surface area contributed by atoms with Crippen molar-refractivity contribution in [2.75, 3.05) is 0 Å². The van der Waals surface area contributed by atoms with Crippen molar-refractivity contribution in [2.24, 2.45) is 0 Å². The molecule has 0 aromatic heterocycles. The van der Waals surface area contributed by atoms with Gasteiger partial charge in [-0.2, -0.15) is 0 Å². The third-order valence-electron chi connectivity index (χ3n) is 0. The molecule has 0 bridgehead atoms. The molecule has 0 rings (SSSR count). The molecule has 0 aliphatic carbocycles. The second-order valence-corrected chi connectivity index (χ2v) is 0.283. The van der Waals surface area contributed by atoms with Crippen LogP contribution >= 0.6 is 0 Å². The largest absolute Gasteiger partial charge is 1.00 e. The molecule has 0 amide bonds. The molecule has 0 saturated heterocycles. The van der Waals surface area contributed by atoms with Crippen molar-refractivity contribution in [3.05, 3.63) is 0 Å². The van der Waals surface area contributed by atoms with Crippen molar-refractivity contribution in [3.63, 3.8) is 0 Å². The van der Waals surface area contributed by atoms with Crippen molar-refractivity contribution in [3.8, 4) is 0 Å². The molecule has 0 aliphatic rings. The molecule has 0 atom stereocenters. The summed E-state index contributed by atoms with van der Waals surface area (Å²) in [5, 5.41) is 13.9. The fourth-order valence-electron chi connectivity index (χ4n) is 0. The van der Waals surface area contributed by atoms with Gasteiger partial charge in [-0.15, -0.1) is 0 Å². The van der Waals surface area contributed by atoms with Gasteiger partial charge >= 0.3 is 73.4 Å². The van der Waals surface area contributed by atoms with Crippen LogP contribution in [-0.2, 0) is 0 Å². The van der Waals surface area contributed by atoms with Gasteiger partial charge in [-0.1, -0.05) is 0 Å². The molecule has 3 nitrogen and oxygen atoms in total. The van der Waals surface area contributed by atoms with Gasteiger partial charge in [0, 0.05) is 0 Å². The Morgan fingerprint density at radius 2 is 1.14 bits per heavy atom. The van der Waals surface area contributed by atoms with E-state index in [2.05, 4.69) is 0 Å². The zero-order chi connectivity index (χ0) is 3.58. The van der Waals surface area contributed by atoms with Crippen molar-refractivity contribution < 1.29 is 82.3 Å². The minimum atomic E-state index is -1.83. The summed E-state index contributed by atoms with van der Waals surface area (Å²) in [6, 6.07) is 0. The topological polar surface area (TPSA) is 57.5 Å². The zero-order valence-electron chi connectivity index (χ0n) is 4.80. The van der Waals surface area contributed by atoms with Crippen molar-refractivity contribution in [2.45, 2.75) is 0 Å². The van der Waals surface area contributed by atoms with Crippen LogP contribution in [-0.4, -0.2) is 16.4 Å². The Bertz CT molecular complexity index is 35.9. The minimum absolute atomic E-state index is 0. The van der Waals surface area contributed by atoms with E-state index >= 15 is 0 Å². The molecular weight excluding hydrogens is 96.9 g/mol. The molecule has 0 aromatic carbocycles. The summed E-state index contributed by atoms with van der Waals surface area (Å²) in [6.07, 6.45) is -1.83. The molecule has 24 valence electrons. The zero-order valence-corrected chi connectivity index (χ0v) is 6.80. The van der Waals surface area contributed by atoms with Gasteiger partial charge in [0.1, 0.15) is 0 Å². The summed E-state index contributed by atoms with van der Waals surface area (Å²) in [7, 11) is 0. The van der Waals surface area contributed by atoms with E-state index in [0.29, 0.717) is 0 Å². The SMILES string of the molecule is O=C(O)O.[Li+].[Li+].[Na+]. The molecule has 6 heteroatoms. The first-order valence-electron chi connectivity index (χ1n) is 0.651. The first-order valence-corrected chi connectivity index (χ1v) is 0.651. The molecule has 2 N–H and O–H groups in total. The first-order chi connectivity index (χ1) is 1.73. The monoisotopic (exact) mass is 99.0 g/mol. The van der Waals surface area contributed by atoms with Gasteiger partial charge in [-0.25, -0.2) is 4.79 Å². The number of hydrogen-bond donors (Lipinski definition) is 2. The van der Waals surface area contributed by atoms with Crippen LogP contribution in [0.4, 0.5) is 4.79 Å². The quantitative estimate of drug-likeness (QED) is 0.296. The van der Waals surface area contributed by atoms with Gasteiger partial charge in [0.05, 0.1) is 0 Å². The van der Waals surface area contributed by atoms with E-state index in [1.807, 2.05) is 0 Å². The van der Waals surface area contributed by atoms with Crippen LogP contribution < -0.4 is 67.3 Å². The third kappa shape index (κ3) is 104. The van der Waals surface area contributed by atoms with E-state index in [4.69, 9.17) is 15.0 Å². The maximum Gasteiger partial charge on any atom is 1.00 e. The third-order valence-corrected chi connectivity index (χ3v) is 0. The molecular formula is CH2Li2NaO3+3. The van der Waals surface area contributed by atoms with Crippen LogP contribution in [0, 0.1) is 0 Å². The summed E-state index contributed by atoms with van der Waals surface area (Å²) in [4.78, 5) is 8.56. The molecule has 0 unspecified atom stereocenters. The van der Waals surface area contributed by atoms with Crippen LogP contribution in [0.1, 0.15) is 0 Å². The van der Waals surface area contributed by atoms with Crippen molar-refractivity contribution >= 4 is 6.16 Å². The Balaban J connectivity index is -0.0000000150. The molecule has 0 aromatic rings. The average molecular weight is 98.9 g/mol. The van der Waals surface area contributed by atoms with Crippen LogP contribution in [0.25, 0.3) is 0 Å². The Labute approximate surface area is 87.5 Å².